The summed E-state index contributed by atoms with van der Waals surface area (Å²) in [4.78, 5) is 2.18. The molecule has 96 valence electrons. The van der Waals surface area contributed by atoms with E-state index in [1.807, 2.05) is 18.2 Å². The Kier molecular flexibility index (Phi) is 3.12. The first-order chi connectivity index (χ1) is 9.38. The normalized spacial score (nSPS) is 15.2. The number of benzene rings is 1. The molecule has 1 aliphatic rings. The molecular formula is C13H13N5O. The zero-order valence-electron chi connectivity index (χ0n) is 10.4. The first kappa shape index (κ1) is 11.7. The van der Waals surface area contributed by atoms with E-state index in [1.54, 1.807) is 17.2 Å². The first-order valence-corrected chi connectivity index (χ1v) is 6.10. The van der Waals surface area contributed by atoms with E-state index in [1.165, 1.54) is 0 Å². The fourth-order valence-corrected chi connectivity index (χ4v) is 2.19. The average Bonchev–Trinajstić information content (AvgIpc) is 3.02. The van der Waals surface area contributed by atoms with Crippen LogP contribution in [0, 0.1) is 11.3 Å². The molecule has 2 aromatic rings. The number of morpholine rings is 1. The zero-order valence-corrected chi connectivity index (χ0v) is 10.4. The van der Waals surface area contributed by atoms with Crippen molar-refractivity contribution in [2.45, 2.75) is 0 Å². The second-order valence-electron chi connectivity index (χ2n) is 4.28. The van der Waals surface area contributed by atoms with Crippen molar-refractivity contribution in [2.75, 3.05) is 31.2 Å². The summed E-state index contributed by atoms with van der Waals surface area (Å²) in [6.07, 6.45) is 3.23. The molecule has 0 radical (unpaired) electrons. The maximum absolute atomic E-state index is 9.32. The first-order valence-electron chi connectivity index (χ1n) is 6.10. The van der Waals surface area contributed by atoms with Crippen molar-refractivity contribution in [3.63, 3.8) is 0 Å². The van der Waals surface area contributed by atoms with Crippen molar-refractivity contribution < 1.29 is 4.74 Å². The van der Waals surface area contributed by atoms with Gasteiger partial charge < -0.3 is 9.64 Å². The summed E-state index contributed by atoms with van der Waals surface area (Å²) in [5.74, 6) is 0. The van der Waals surface area contributed by atoms with E-state index in [4.69, 9.17) is 4.74 Å². The van der Waals surface area contributed by atoms with Crippen LogP contribution in [0.15, 0.2) is 30.9 Å². The monoisotopic (exact) mass is 255 g/mol. The highest BCUT2D eigenvalue weighted by molar-refractivity contribution is 5.63. The van der Waals surface area contributed by atoms with E-state index >= 15 is 0 Å². The SMILES string of the molecule is N#Cc1cc(-n2cnnc2)ccc1N1CCOCC1. The molecule has 6 nitrogen and oxygen atoms in total. The van der Waals surface area contributed by atoms with Crippen LogP contribution in [0.4, 0.5) is 5.69 Å². The van der Waals surface area contributed by atoms with Gasteiger partial charge in [0.2, 0.25) is 0 Å². The number of hydrogen-bond acceptors (Lipinski definition) is 5. The van der Waals surface area contributed by atoms with Gasteiger partial charge in [-0.2, -0.15) is 5.26 Å². The highest BCUT2D eigenvalue weighted by atomic mass is 16.5. The summed E-state index contributed by atoms with van der Waals surface area (Å²) in [6, 6.07) is 8.05. The van der Waals surface area contributed by atoms with Gasteiger partial charge in [0.15, 0.2) is 0 Å². The topological polar surface area (TPSA) is 67.0 Å². The molecule has 0 unspecified atom stereocenters. The number of ether oxygens (including phenoxy) is 1. The van der Waals surface area contributed by atoms with Gasteiger partial charge in [-0.1, -0.05) is 0 Å². The second kappa shape index (κ2) is 5.08. The van der Waals surface area contributed by atoms with Crippen molar-refractivity contribution in [2.24, 2.45) is 0 Å². The molecule has 1 fully saturated rings. The van der Waals surface area contributed by atoms with Crippen LogP contribution in [0.3, 0.4) is 0 Å². The van der Waals surface area contributed by atoms with Crippen LogP contribution < -0.4 is 4.90 Å². The molecule has 1 aromatic heterocycles. The molecule has 1 aliphatic heterocycles. The van der Waals surface area contributed by atoms with E-state index < -0.39 is 0 Å². The van der Waals surface area contributed by atoms with Crippen molar-refractivity contribution in [3.8, 4) is 11.8 Å². The summed E-state index contributed by atoms with van der Waals surface area (Å²) < 4.78 is 7.11. The lowest BCUT2D eigenvalue weighted by Gasteiger charge is -2.29. The van der Waals surface area contributed by atoms with Crippen LogP contribution in [-0.4, -0.2) is 41.1 Å². The summed E-state index contributed by atoms with van der Waals surface area (Å²) in [5.41, 5.74) is 2.51. The standard InChI is InChI=1S/C13H13N5O/c14-8-11-7-12(18-9-15-16-10-18)1-2-13(11)17-3-5-19-6-4-17/h1-2,7,9-10H,3-6H2. The predicted octanol–water partition coefficient (Wildman–Crippen LogP) is 0.976. The van der Waals surface area contributed by atoms with E-state index in [2.05, 4.69) is 21.2 Å². The third-order valence-corrected chi connectivity index (χ3v) is 3.17. The second-order valence-corrected chi connectivity index (χ2v) is 4.28. The smallest absolute Gasteiger partial charge is 0.123 e. The zero-order chi connectivity index (χ0) is 13.1. The molecule has 3 rings (SSSR count). The van der Waals surface area contributed by atoms with Crippen LogP contribution in [0.25, 0.3) is 5.69 Å². The maximum Gasteiger partial charge on any atom is 0.123 e. The van der Waals surface area contributed by atoms with Crippen molar-refractivity contribution in [1.82, 2.24) is 14.8 Å². The van der Waals surface area contributed by atoms with Gasteiger partial charge in [-0.25, -0.2) is 0 Å². The molecule has 2 heterocycles. The minimum Gasteiger partial charge on any atom is -0.378 e. The van der Waals surface area contributed by atoms with Crippen molar-refractivity contribution in [1.29, 1.82) is 5.26 Å². The number of anilines is 1. The Morgan fingerprint density at radius 1 is 1.16 bits per heavy atom. The maximum atomic E-state index is 9.32. The minimum atomic E-state index is 0.660. The molecule has 0 N–H and O–H groups in total. The Bertz CT molecular complexity index is 596. The van der Waals surface area contributed by atoms with Gasteiger partial charge in [-0.15, -0.1) is 10.2 Å². The molecule has 1 aromatic carbocycles. The molecule has 6 heteroatoms. The predicted molar refractivity (Wildman–Crippen MR) is 69.1 cm³/mol. The number of nitrogens with zero attached hydrogens (tertiary/aromatic N) is 5. The van der Waals surface area contributed by atoms with E-state index in [0.29, 0.717) is 18.8 Å². The third kappa shape index (κ3) is 2.28. The van der Waals surface area contributed by atoms with Crippen LogP contribution >= 0.6 is 0 Å². The summed E-state index contributed by atoms with van der Waals surface area (Å²) in [5, 5.41) is 16.9. The molecule has 0 aliphatic carbocycles. The van der Waals surface area contributed by atoms with Crippen molar-refractivity contribution >= 4 is 5.69 Å². The minimum absolute atomic E-state index is 0.660. The van der Waals surface area contributed by atoms with Crippen LogP contribution in [0.2, 0.25) is 0 Å². The molecule has 0 amide bonds. The van der Waals surface area contributed by atoms with Gasteiger partial charge in [-0.05, 0) is 18.2 Å². The van der Waals surface area contributed by atoms with E-state index in [-0.39, 0.29) is 0 Å². The average molecular weight is 255 g/mol. The Balaban J connectivity index is 1.96. The van der Waals surface area contributed by atoms with Gasteiger partial charge in [-0.3, -0.25) is 4.57 Å². The molecule has 0 spiro atoms. The molecule has 1 saturated heterocycles. The molecular weight excluding hydrogens is 242 g/mol. The van der Waals surface area contributed by atoms with Crippen LogP contribution in [0.5, 0.6) is 0 Å². The largest absolute Gasteiger partial charge is 0.378 e. The number of hydrogen-bond donors (Lipinski definition) is 0. The number of rotatable bonds is 2. The molecule has 0 saturated carbocycles. The van der Waals surface area contributed by atoms with Gasteiger partial charge in [0.1, 0.15) is 18.7 Å². The lowest BCUT2D eigenvalue weighted by atomic mass is 10.1. The fourth-order valence-electron chi connectivity index (χ4n) is 2.19. The lowest BCUT2D eigenvalue weighted by Crippen LogP contribution is -2.36. The summed E-state index contributed by atoms with van der Waals surface area (Å²) in [7, 11) is 0. The summed E-state index contributed by atoms with van der Waals surface area (Å²) >= 11 is 0. The van der Waals surface area contributed by atoms with Crippen molar-refractivity contribution in [3.05, 3.63) is 36.4 Å². The van der Waals surface area contributed by atoms with Crippen LogP contribution in [0.1, 0.15) is 5.56 Å². The van der Waals surface area contributed by atoms with Gasteiger partial charge in [0.05, 0.1) is 24.5 Å². The quantitative estimate of drug-likeness (QED) is 0.800. The summed E-state index contributed by atoms with van der Waals surface area (Å²) in [6.45, 7) is 3.05. The third-order valence-electron chi connectivity index (χ3n) is 3.17. The van der Waals surface area contributed by atoms with E-state index in [9.17, 15) is 5.26 Å². The van der Waals surface area contributed by atoms with E-state index in [0.717, 1.165) is 24.5 Å². The number of aromatic nitrogens is 3. The highest BCUT2D eigenvalue weighted by Gasteiger charge is 2.15. The fraction of sp³-hybridized carbons (Fsp3) is 0.308. The molecule has 0 atom stereocenters. The number of nitriles is 1. The van der Waals surface area contributed by atoms with Gasteiger partial charge >= 0.3 is 0 Å². The Morgan fingerprint density at radius 3 is 2.58 bits per heavy atom. The van der Waals surface area contributed by atoms with Gasteiger partial charge in [0, 0.05) is 18.8 Å². The lowest BCUT2D eigenvalue weighted by molar-refractivity contribution is 0.122. The Labute approximate surface area is 110 Å². The molecule has 0 bridgehead atoms. The van der Waals surface area contributed by atoms with Gasteiger partial charge in [0.25, 0.3) is 0 Å². The van der Waals surface area contributed by atoms with Crippen LogP contribution in [-0.2, 0) is 4.74 Å². The highest BCUT2D eigenvalue weighted by Crippen LogP contribution is 2.23. The Morgan fingerprint density at radius 2 is 1.89 bits per heavy atom. The Hall–Kier alpha value is -2.39. The molecule has 19 heavy (non-hydrogen) atoms.